The summed E-state index contributed by atoms with van der Waals surface area (Å²) in [5, 5.41) is 7.68. The van der Waals surface area contributed by atoms with Crippen molar-refractivity contribution in [3.8, 4) is 5.75 Å². The summed E-state index contributed by atoms with van der Waals surface area (Å²) >= 11 is 0. The molecule has 0 saturated carbocycles. The molecule has 0 saturated heterocycles. The summed E-state index contributed by atoms with van der Waals surface area (Å²) < 4.78 is 11.5. The monoisotopic (exact) mass is 337 g/mol. The number of ether oxygens (including phenoxy) is 1. The van der Waals surface area contributed by atoms with E-state index in [0.717, 1.165) is 28.0 Å². The van der Waals surface area contributed by atoms with Gasteiger partial charge < -0.3 is 19.8 Å². The van der Waals surface area contributed by atoms with Gasteiger partial charge in [0.2, 0.25) is 0 Å². The second kappa shape index (κ2) is 8.24. The summed E-state index contributed by atoms with van der Waals surface area (Å²) in [6.07, 6.45) is 0. The standard InChI is InChI=1S/C20H23N3O2/c1-3-24-18-10-6-5-9-16(18)13-22-20(21-2)23-14-17-12-15-8-4-7-11-19(15)25-17/h4-12H,3,13-14H2,1-2H3,(H2,21,22,23). The molecule has 1 heterocycles. The summed E-state index contributed by atoms with van der Waals surface area (Å²) in [4.78, 5) is 4.26. The first-order valence-corrected chi connectivity index (χ1v) is 8.43. The van der Waals surface area contributed by atoms with E-state index in [2.05, 4.69) is 15.6 Å². The molecule has 0 atom stereocenters. The zero-order valence-corrected chi connectivity index (χ0v) is 14.6. The second-order valence-corrected chi connectivity index (χ2v) is 5.57. The highest BCUT2D eigenvalue weighted by atomic mass is 16.5. The van der Waals surface area contributed by atoms with E-state index in [-0.39, 0.29) is 0 Å². The van der Waals surface area contributed by atoms with E-state index < -0.39 is 0 Å². The smallest absolute Gasteiger partial charge is 0.191 e. The van der Waals surface area contributed by atoms with Crippen LogP contribution in [-0.2, 0) is 13.1 Å². The highest BCUT2D eigenvalue weighted by Gasteiger charge is 2.06. The molecule has 0 unspecified atom stereocenters. The first kappa shape index (κ1) is 16.9. The number of furan rings is 1. The third-order valence-electron chi connectivity index (χ3n) is 3.85. The lowest BCUT2D eigenvalue weighted by molar-refractivity contribution is 0.336. The fourth-order valence-electron chi connectivity index (χ4n) is 2.64. The van der Waals surface area contributed by atoms with Crippen LogP contribution in [0.3, 0.4) is 0 Å². The van der Waals surface area contributed by atoms with Crippen LogP contribution in [-0.4, -0.2) is 19.6 Å². The van der Waals surface area contributed by atoms with E-state index >= 15 is 0 Å². The molecule has 0 spiro atoms. The van der Waals surface area contributed by atoms with Crippen LogP contribution in [0.5, 0.6) is 5.75 Å². The van der Waals surface area contributed by atoms with Gasteiger partial charge in [0.05, 0.1) is 13.2 Å². The van der Waals surface area contributed by atoms with Crippen molar-refractivity contribution in [2.75, 3.05) is 13.7 Å². The Hall–Kier alpha value is -2.95. The van der Waals surface area contributed by atoms with Gasteiger partial charge in [-0.15, -0.1) is 0 Å². The van der Waals surface area contributed by atoms with Crippen LogP contribution in [0.25, 0.3) is 11.0 Å². The van der Waals surface area contributed by atoms with Crippen molar-refractivity contribution in [1.29, 1.82) is 0 Å². The molecule has 0 amide bonds. The van der Waals surface area contributed by atoms with Crippen molar-refractivity contribution in [1.82, 2.24) is 10.6 Å². The van der Waals surface area contributed by atoms with Crippen LogP contribution in [0.1, 0.15) is 18.2 Å². The zero-order chi connectivity index (χ0) is 17.5. The molecule has 2 N–H and O–H groups in total. The van der Waals surface area contributed by atoms with Gasteiger partial charge in [-0.2, -0.15) is 0 Å². The fourth-order valence-corrected chi connectivity index (χ4v) is 2.64. The molecule has 5 heteroatoms. The fraction of sp³-hybridized carbons (Fsp3) is 0.250. The number of fused-ring (bicyclic) bond motifs is 1. The van der Waals surface area contributed by atoms with Crippen LogP contribution in [0, 0.1) is 0 Å². The number of hydrogen-bond donors (Lipinski definition) is 2. The highest BCUT2D eigenvalue weighted by molar-refractivity contribution is 5.80. The third-order valence-corrected chi connectivity index (χ3v) is 3.85. The van der Waals surface area contributed by atoms with Crippen molar-refractivity contribution in [3.63, 3.8) is 0 Å². The van der Waals surface area contributed by atoms with Gasteiger partial charge in [-0.3, -0.25) is 4.99 Å². The lowest BCUT2D eigenvalue weighted by atomic mass is 10.2. The second-order valence-electron chi connectivity index (χ2n) is 5.57. The van der Waals surface area contributed by atoms with Gasteiger partial charge >= 0.3 is 0 Å². The first-order chi connectivity index (χ1) is 12.3. The normalized spacial score (nSPS) is 11.5. The van der Waals surface area contributed by atoms with E-state index in [1.165, 1.54) is 0 Å². The van der Waals surface area contributed by atoms with Crippen LogP contribution >= 0.6 is 0 Å². The lowest BCUT2D eigenvalue weighted by Crippen LogP contribution is -2.36. The first-order valence-electron chi connectivity index (χ1n) is 8.43. The number of nitrogens with one attached hydrogen (secondary N) is 2. The molecule has 5 nitrogen and oxygen atoms in total. The lowest BCUT2D eigenvalue weighted by Gasteiger charge is -2.13. The molecule has 2 aromatic carbocycles. The number of benzene rings is 2. The molecule has 0 fully saturated rings. The summed E-state index contributed by atoms with van der Waals surface area (Å²) in [6.45, 7) is 3.84. The van der Waals surface area contributed by atoms with Gasteiger partial charge in [-0.1, -0.05) is 36.4 Å². The topological polar surface area (TPSA) is 58.8 Å². The van der Waals surface area contributed by atoms with Crippen LogP contribution in [0.2, 0.25) is 0 Å². The number of guanidine groups is 1. The predicted molar refractivity (Wildman–Crippen MR) is 101 cm³/mol. The third kappa shape index (κ3) is 4.32. The van der Waals surface area contributed by atoms with Crippen molar-refractivity contribution in [2.24, 2.45) is 4.99 Å². The quantitative estimate of drug-likeness (QED) is 0.532. The summed E-state index contributed by atoms with van der Waals surface area (Å²) in [5.41, 5.74) is 1.99. The van der Waals surface area contributed by atoms with E-state index in [9.17, 15) is 0 Å². The van der Waals surface area contributed by atoms with Crippen molar-refractivity contribution < 1.29 is 9.15 Å². The molecule has 1 aromatic heterocycles. The van der Waals surface area contributed by atoms with Crippen molar-refractivity contribution >= 4 is 16.9 Å². The SMILES string of the molecule is CCOc1ccccc1CNC(=NC)NCc1cc2ccccc2o1. The highest BCUT2D eigenvalue weighted by Crippen LogP contribution is 2.19. The van der Waals surface area contributed by atoms with Crippen molar-refractivity contribution in [2.45, 2.75) is 20.0 Å². The summed E-state index contributed by atoms with van der Waals surface area (Å²) in [5.74, 6) is 2.48. The number of rotatable bonds is 6. The van der Waals surface area contributed by atoms with Crippen LogP contribution in [0.4, 0.5) is 0 Å². The number of aliphatic imine (C=N–C) groups is 1. The summed E-state index contributed by atoms with van der Waals surface area (Å²) in [6, 6.07) is 18.0. The minimum Gasteiger partial charge on any atom is -0.494 e. The Morgan fingerprint density at radius 1 is 1.04 bits per heavy atom. The Labute approximate surface area is 147 Å². The van der Waals surface area contributed by atoms with E-state index in [0.29, 0.717) is 25.7 Å². The van der Waals surface area contributed by atoms with E-state index in [4.69, 9.17) is 9.15 Å². The number of hydrogen-bond acceptors (Lipinski definition) is 3. The average Bonchev–Trinajstić information content (AvgIpc) is 3.06. The van der Waals surface area contributed by atoms with Crippen molar-refractivity contribution in [3.05, 3.63) is 65.9 Å². The van der Waals surface area contributed by atoms with E-state index in [1.54, 1.807) is 7.05 Å². The van der Waals surface area contributed by atoms with E-state index in [1.807, 2.05) is 61.5 Å². The molecule has 3 aromatic rings. The largest absolute Gasteiger partial charge is 0.494 e. The minimum absolute atomic E-state index is 0.571. The number of para-hydroxylation sites is 2. The zero-order valence-electron chi connectivity index (χ0n) is 14.6. The molecule has 0 bridgehead atoms. The number of nitrogens with zero attached hydrogens (tertiary/aromatic N) is 1. The Balaban J connectivity index is 1.58. The molecular formula is C20H23N3O2. The molecule has 3 rings (SSSR count). The Bertz CT molecular complexity index is 822. The Kier molecular flexibility index (Phi) is 5.57. The maximum Gasteiger partial charge on any atom is 0.191 e. The Morgan fingerprint density at radius 2 is 1.80 bits per heavy atom. The van der Waals surface area contributed by atoms with Gasteiger partial charge in [0, 0.05) is 24.5 Å². The molecule has 0 aliphatic heterocycles. The molecule has 0 aliphatic rings. The average molecular weight is 337 g/mol. The molecule has 25 heavy (non-hydrogen) atoms. The maximum atomic E-state index is 5.81. The van der Waals surface area contributed by atoms with Gasteiger partial charge in [0.25, 0.3) is 0 Å². The summed E-state index contributed by atoms with van der Waals surface area (Å²) in [7, 11) is 1.75. The molecular weight excluding hydrogens is 314 g/mol. The van der Waals surface area contributed by atoms with Gasteiger partial charge in [-0.05, 0) is 25.1 Å². The molecule has 130 valence electrons. The van der Waals surface area contributed by atoms with Gasteiger partial charge in [0.1, 0.15) is 17.1 Å². The Morgan fingerprint density at radius 3 is 2.60 bits per heavy atom. The molecule has 0 aliphatic carbocycles. The van der Waals surface area contributed by atoms with Crippen LogP contribution in [0.15, 0.2) is 64.0 Å². The molecule has 0 radical (unpaired) electrons. The van der Waals surface area contributed by atoms with Gasteiger partial charge in [0.15, 0.2) is 5.96 Å². The maximum absolute atomic E-state index is 5.81. The van der Waals surface area contributed by atoms with Crippen LogP contribution < -0.4 is 15.4 Å². The minimum atomic E-state index is 0.571. The van der Waals surface area contributed by atoms with Gasteiger partial charge in [-0.25, -0.2) is 0 Å². The predicted octanol–water partition coefficient (Wildman–Crippen LogP) is 3.70.